The Morgan fingerprint density at radius 1 is 1.36 bits per heavy atom. The standard InChI is InChI=1S/C17H31N5O2.HI/c1-4-18-17(19-10-5-6-16-20-14(2)21-24-16)22(3)11-7-15-8-12-23-13-9-15;/h15H,4-13H2,1-3H3,(H,18,19);1H. The lowest BCUT2D eigenvalue weighted by Gasteiger charge is -2.26. The molecule has 2 heterocycles. The van der Waals surface area contributed by atoms with E-state index >= 15 is 0 Å². The van der Waals surface area contributed by atoms with Crippen molar-refractivity contribution in [3.05, 3.63) is 11.7 Å². The van der Waals surface area contributed by atoms with Crippen molar-refractivity contribution in [3.8, 4) is 0 Å². The maximum atomic E-state index is 5.43. The molecule has 0 aliphatic carbocycles. The highest BCUT2D eigenvalue weighted by molar-refractivity contribution is 14.0. The topological polar surface area (TPSA) is 75.8 Å². The number of ether oxygens (including phenoxy) is 1. The van der Waals surface area contributed by atoms with Crippen molar-refractivity contribution in [1.29, 1.82) is 0 Å². The van der Waals surface area contributed by atoms with E-state index in [0.29, 0.717) is 11.7 Å². The zero-order valence-electron chi connectivity index (χ0n) is 15.7. The normalized spacial score (nSPS) is 15.7. The summed E-state index contributed by atoms with van der Waals surface area (Å²) in [4.78, 5) is 11.2. The second kappa shape index (κ2) is 12.5. The highest BCUT2D eigenvalue weighted by Gasteiger charge is 2.15. The van der Waals surface area contributed by atoms with Crippen LogP contribution in [0.1, 0.15) is 44.3 Å². The fourth-order valence-corrected chi connectivity index (χ4v) is 2.84. The van der Waals surface area contributed by atoms with Gasteiger partial charge in [-0.05, 0) is 45.4 Å². The Morgan fingerprint density at radius 2 is 2.12 bits per heavy atom. The van der Waals surface area contributed by atoms with Crippen molar-refractivity contribution >= 4 is 29.9 Å². The van der Waals surface area contributed by atoms with Gasteiger partial charge in [-0.2, -0.15) is 4.98 Å². The van der Waals surface area contributed by atoms with Crippen molar-refractivity contribution in [1.82, 2.24) is 20.4 Å². The van der Waals surface area contributed by atoms with Gasteiger partial charge in [0, 0.05) is 46.3 Å². The summed E-state index contributed by atoms with van der Waals surface area (Å²) >= 11 is 0. The highest BCUT2D eigenvalue weighted by Crippen LogP contribution is 2.18. The van der Waals surface area contributed by atoms with E-state index in [1.807, 2.05) is 6.92 Å². The summed E-state index contributed by atoms with van der Waals surface area (Å²) in [6.07, 6.45) is 5.25. The minimum Gasteiger partial charge on any atom is -0.381 e. The average molecular weight is 465 g/mol. The molecule has 2 rings (SSSR count). The molecule has 1 saturated heterocycles. The summed E-state index contributed by atoms with van der Waals surface area (Å²) < 4.78 is 10.6. The molecular weight excluding hydrogens is 433 g/mol. The second-order valence-corrected chi connectivity index (χ2v) is 6.34. The summed E-state index contributed by atoms with van der Waals surface area (Å²) in [5.41, 5.74) is 0. The lowest BCUT2D eigenvalue weighted by molar-refractivity contribution is 0.0625. The van der Waals surface area contributed by atoms with Gasteiger partial charge in [0.1, 0.15) is 0 Å². The minimum atomic E-state index is 0. The van der Waals surface area contributed by atoms with Gasteiger partial charge in [0.15, 0.2) is 11.8 Å². The lowest BCUT2D eigenvalue weighted by atomic mass is 9.96. The third-order valence-corrected chi connectivity index (χ3v) is 4.29. The Balaban J connectivity index is 0.00000312. The van der Waals surface area contributed by atoms with Crippen molar-refractivity contribution in [2.45, 2.75) is 46.0 Å². The predicted octanol–water partition coefficient (Wildman–Crippen LogP) is 2.64. The Labute approximate surface area is 168 Å². The number of hydrogen-bond acceptors (Lipinski definition) is 5. The van der Waals surface area contributed by atoms with Crippen LogP contribution in [0, 0.1) is 12.8 Å². The number of aryl methyl sites for hydroxylation is 2. The first-order chi connectivity index (χ1) is 11.7. The zero-order chi connectivity index (χ0) is 17.2. The van der Waals surface area contributed by atoms with Gasteiger partial charge < -0.3 is 19.5 Å². The largest absolute Gasteiger partial charge is 0.381 e. The van der Waals surface area contributed by atoms with Crippen LogP contribution in [0.25, 0.3) is 0 Å². The molecule has 0 spiro atoms. The third kappa shape index (κ3) is 8.35. The first kappa shape index (κ1) is 22.1. The van der Waals surface area contributed by atoms with E-state index in [1.54, 1.807) is 0 Å². The molecule has 8 heteroatoms. The number of nitrogens with zero attached hydrogens (tertiary/aromatic N) is 4. The van der Waals surface area contributed by atoms with Gasteiger partial charge in [0.2, 0.25) is 5.89 Å². The Bertz CT molecular complexity index is 503. The van der Waals surface area contributed by atoms with Crippen LogP contribution in [0.5, 0.6) is 0 Å². The van der Waals surface area contributed by atoms with Gasteiger partial charge in [-0.15, -0.1) is 24.0 Å². The smallest absolute Gasteiger partial charge is 0.226 e. The molecule has 7 nitrogen and oxygen atoms in total. The van der Waals surface area contributed by atoms with Crippen LogP contribution in [0.2, 0.25) is 0 Å². The first-order valence-electron chi connectivity index (χ1n) is 9.05. The van der Waals surface area contributed by atoms with E-state index < -0.39 is 0 Å². The molecule has 25 heavy (non-hydrogen) atoms. The number of guanidine groups is 1. The number of nitrogens with one attached hydrogen (secondary N) is 1. The second-order valence-electron chi connectivity index (χ2n) is 6.34. The Kier molecular flexibility index (Phi) is 11.0. The lowest BCUT2D eigenvalue weighted by Crippen LogP contribution is -2.40. The van der Waals surface area contributed by atoms with Gasteiger partial charge in [0.05, 0.1) is 0 Å². The van der Waals surface area contributed by atoms with Crippen LogP contribution >= 0.6 is 24.0 Å². The molecule has 0 unspecified atom stereocenters. The fraction of sp³-hybridized carbons (Fsp3) is 0.824. The molecule has 0 saturated carbocycles. The fourth-order valence-electron chi connectivity index (χ4n) is 2.84. The molecule has 1 aromatic heterocycles. The molecular formula is C17H32IN5O2. The molecule has 0 atom stereocenters. The number of aliphatic imine (C=N–C) groups is 1. The molecule has 0 aromatic carbocycles. The van der Waals surface area contributed by atoms with Crippen LogP contribution in [0.3, 0.4) is 0 Å². The summed E-state index contributed by atoms with van der Waals surface area (Å²) in [6.45, 7) is 8.42. The first-order valence-corrected chi connectivity index (χ1v) is 9.05. The maximum absolute atomic E-state index is 5.43. The molecule has 1 fully saturated rings. The van der Waals surface area contributed by atoms with Crippen LogP contribution in [-0.4, -0.2) is 60.9 Å². The van der Waals surface area contributed by atoms with E-state index in [9.17, 15) is 0 Å². The van der Waals surface area contributed by atoms with Crippen LogP contribution in [0.15, 0.2) is 9.52 Å². The molecule has 1 N–H and O–H groups in total. The quantitative estimate of drug-likeness (QED) is 0.276. The molecule has 0 radical (unpaired) electrons. The van der Waals surface area contributed by atoms with Crippen LogP contribution in [-0.2, 0) is 11.2 Å². The van der Waals surface area contributed by atoms with Crippen molar-refractivity contribution in [3.63, 3.8) is 0 Å². The molecule has 1 aliphatic heterocycles. The predicted molar refractivity (Wildman–Crippen MR) is 110 cm³/mol. The summed E-state index contributed by atoms with van der Waals surface area (Å²) in [7, 11) is 2.11. The number of halogens is 1. The van der Waals surface area contributed by atoms with E-state index in [4.69, 9.17) is 14.3 Å². The zero-order valence-corrected chi connectivity index (χ0v) is 18.0. The number of aromatic nitrogens is 2. The monoisotopic (exact) mass is 465 g/mol. The van der Waals surface area contributed by atoms with E-state index in [0.717, 1.165) is 57.6 Å². The summed E-state index contributed by atoms with van der Waals surface area (Å²) in [5, 5.41) is 7.18. The van der Waals surface area contributed by atoms with E-state index in [1.165, 1.54) is 19.3 Å². The highest BCUT2D eigenvalue weighted by atomic mass is 127. The summed E-state index contributed by atoms with van der Waals surface area (Å²) in [6, 6.07) is 0. The van der Waals surface area contributed by atoms with Crippen molar-refractivity contribution in [2.24, 2.45) is 10.9 Å². The van der Waals surface area contributed by atoms with Crippen molar-refractivity contribution in [2.75, 3.05) is 39.9 Å². The minimum absolute atomic E-state index is 0. The van der Waals surface area contributed by atoms with Gasteiger partial charge in [-0.1, -0.05) is 5.16 Å². The molecule has 144 valence electrons. The van der Waals surface area contributed by atoms with Gasteiger partial charge in [-0.25, -0.2) is 0 Å². The van der Waals surface area contributed by atoms with Crippen molar-refractivity contribution < 1.29 is 9.26 Å². The van der Waals surface area contributed by atoms with Gasteiger partial charge in [-0.3, -0.25) is 4.99 Å². The molecule has 0 amide bonds. The third-order valence-electron chi connectivity index (χ3n) is 4.29. The van der Waals surface area contributed by atoms with E-state index in [2.05, 4.69) is 34.3 Å². The van der Waals surface area contributed by atoms with Crippen LogP contribution in [0.4, 0.5) is 0 Å². The van der Waals surface area contributed by atoms with Gasteiger partial charge in [0.25, 0.3) is 0 Å². The van der Waals surface area contributed by atoms with Crippen LogP contribution < -0.4 is 5.32 Å². The van der Waals surface area contributed by atoms with Gasteiger partial charge >= 0.3 is 0 Å². The summed E-state index contributed by atoms with van der Waals surface area (Å²) in [5.74, 6) is 3.14. The molecule has 1 aliphatic rings. The maximum Gasteiger partial charge on any atom is 0.226 e. The Morgan fingerprint density at radius 3 is 2.76 bits per heavy atom. The molecule has 0 bridgehead atoms. The SMILES string of the molecule is CCNC(=NCCCc1nc(C)no1)N(C)CCC1CCOCC1.I. The molecule has 1 aromatic rings. The van der Waals surface area contributed by atoms with E-state index in [-0.39, 0.29) is 24.0 Å². The number of rotatable bonds is 8. The average Bonchev–Trinajstić information content (AvgIpc) is 3.01. The number of hydrogen-bond donors (Lipinski definition) is 1. The Hall–Kier alpha value is -0.900.